The Labute approximate surface area is 183 Å². The van der Waals surface area contributed by atoms with E-state index in [2.05, 4.69) is 25.7 Å². The number of nitrogens with one attached hydrogen (secondary N) is 2. The molecule has 0 atom stereocenters. The molecule has 2 aromatic carbocycles. The molecule has 0 saturated carbocycles. The minimum absolute atomic E-state index is 0.161. The van der Waals surface area contributed by atoms with E-state index < -0.39 is 0 Å². The summed E-state index contributed by atoms with van der Waals surface area (Å²) in [4.78, 5) is 33.1. The van der Waals surface area contributed by atoms with E-state index in [9.17, 15) is 9.59 Å². The summed E-state index contributed by atoms with van der Waals surface area (Å²) in [5, 5.41) is 11.5. The summed E-state index contributed by atoms with van der Waals surface area (Å²) in [5.41, 5.74) is 2.65. The van der Waals surface area contributed by atoms with Gasteiger partial charge in [-0.05, 0) is 37.3 Å². The van der Waals surface area contributed by atoms with Crippen molar-refractivity contribution in [1.29, 1.82) is 0 Å². The van der Waals surface area contributed by atoms with E-state index in [4.69, 9.17) is 0 Å². The van der Waals surface area contributed by atoms with Crippen LogP contribution >= 0.6 is 11.8 Å². The maximum absolute atomic E-state index is 12.5. The average Bonchev–Trinajstić information content (AvgIpc) is 3.23. The first-order chi connectivity index (χ1) is 15.2. The molecule has 0 spiro atoms. The summed E-state index contributed by atoms with van der Waals surface area (Å²) >= 11 is 1.31. The minimum Gasteiger partial charge on any atom is -0.352 e. The van der Waals surface area contributed by atoms with Crippen LogP contribution in [-0.4, -0.2) is 43.9 Å². The van der Waals surface area contributed by atoms with Gasteiger partial charge in [0.25, 0.3) is 5.91 Å². The Morgan fingerprint density at radius 3 is 2.71 bits per heavy atom. The zero-order valence-electron chi connectivity index (χ0n) is 16.8. The van der Waals surface area contributed by atoms with Crippen molar-refractivity contribution < 1.29 is 9.59 Å². The van der Waals surface area contributed by atoms with Gasteiger partial charge in [-0.2, -0.15) is 5.10 Å². The van der Waals surface area contributed by atoms with Crippen molar-refractivity contribution >= 4 is 40.3 Å². The highest BCUT2D eigenvalue weighted by molar-refractivity contribution is 8.00. The van der Waals surface area contributed by atoms with Crippen LogP contribution in [0.25, 0.3) is 16.7 Å². The molecule has 2 amide bonds. The molecule has 0 aliphatic heterocycles. The number of nitrogens with zero attached hydrogens (tertiary/aromatic N) is 4. The van der Waals surface area contributed by atoms with E-state index in [1.807, 2.05) is 37.3 Å². The zero-order valence-corrected chi connectivity index (χ0v) is 17.6. The van der Waals surface area contributed by atoms with Crippen molar-refractivity contribution in [2.24, 2.45) is 0 Å². The molecule has 8 nitrogen and oxygen atoms in total. The van der Waals surface area contributed by atoms with Crippen LogP contribution in [0.4, 0.5) is 5.69 Å². The van der Waals surface area contributed by atoms with Gasteiger partial charge in [0.05, 0.1) is 23.0 Å². The third-order valence-electron chi connectivity index (χ3n) is 4.42. The number of thioether (sulfide) groups is 1. The topological polar surface area (TPSA) is 102 Å². The fourth-order valence-corrected chi connectivity index (χ4v) is 3.79. The SMILES string of the molecule is CCNC(=O)c1cccc(NC(=O)CSc2ncnc3c2cnn3-c2ccccc2)c1. The van der Waals surface area contributed by atoms with Gasteiger partial charge in [0, 0.05) is 17.8 Å². The lowest BCUT2D eigenvalue weighted by Crippen LogP contribution is -2.23. The van der Waals surface area contributed by atoms with Crippen LogP contribution in [0.2, 0.25) is 0 Å². The van der Waals surface area contributed by atoms with Crippen molar-refractivity contribution in [1.82, 2.24) is 25.1 Å². The molecule has 156 valence electrons. The Morgan fingerprint density at radius 2 is 1.90 bits per heavy atom. The molecule has 2 heterocycles. The Hall–Kier alpha value is -3.72. The fraction of sp³-hybridized carbons (Fsp3) is 0.136. The largest absolute Gasteiger partial charge is 0.352 e. The summed E-state index contributed by atoms with van der Waals surface area (Å²) in [6, 6.07) is 16.5. The average molecular weight is 433 g/mol. The number of anilines is 1. The van der Waals surface area contributed by atoms with E-state index in [0.717, 1.165) is 11.1 Å². The van der Waals surface area contributed by atoms with Crippen molar-refractivity contribution in [3.8, 4) is 5.69 Å². The van der Waals surface area contributed by atoms with Gasteiger partial charge in [-0.1, -0.05) is 36.0 Å². The van der Waals surface area contributed by atoms with Gasteiger partial charge in [0.2, 0.25) is 5.91 Å². The molecular formula is C22H20N6O2S. The van der Waals surface area contributed by atoms with Crippen molar-refractivity contribution in [3.63, 3.8) is 0 Å². The predicted molar refractivity (Wildman–Crippen MR) is 120 cm³/mol. The maximum atomic E-state index is 12.5. The minimum atomic E-state index is -0.194. The summed E-state index contributed by atoms with van der Waals surface area (Å²) in [6.07, 6.45) is 3.18. The second-order valence-electron chi connectivity index (χ2n) is 6.59. The van der Waals surface area contributed by atoms with Crippen LogP contribution in [0.1, 0.15) is 17.3 Å². The van der Waals surface area contributed by atoms with Crippen LogP contribution in [0, 0.1) is 0 Å². The summed E-state index contributed by atoms with van der Waals surface area (Å²) in [6.45, 7) is 2.40. The van der Waals surface area contributed by atoms with Crippen LogP contribution in [0.15, 0.2) is 72.1 Å². The van der Waals surface area contributed by atoms with Crippen molar-refractivity contribution in [2.75, 3.05) is 17.6 Å². The highest BCUT2D eigenvalue weighted by atomic mass is 32.2. The number of fused-ring (bicyclic) bond motifs is 1. The highest BCUT2D eigenvalue weighted by Crippen LogP contribution is 2.26. The first kappa shape index (κ1) is 20.5. The van der Waals surface area contributed by atoms with Gasteiger partial charge in [-0.25, -0.2) is 14.6 Å². The lowest BCUT2D eigenvalue weighted by molar-refractivity contribution is -0.113. The Kier molecular flexibility index (Phi) is 6.23. The molecule has 0 saturated heterocycles. The molecule has 0 bridgehead atoms. The number of hydrogen-bond acceptors (Lipinski definition) is 6. The van der Waals surface area contributed by atoms with Gasteiger partial charge < -0.3 is 10.6 Å². The zero-order chi connectivity index (χ0) is 21.6. The molecule has 4 rings (SSSR count). The molecule has 4 aromatic rings. The second-order valence-corrected chi connectivity index (χ2v) is 7.55. The molecule has 31 heavy (non-hydrogen) atoms. The molecular weight excluding hydrogens is 412 g/mol. The lowest BCUT2D eigenvalue weighted by Gasteiger charge is -2.08. The fourth-order valence-electron chi connectivity index (χ4n) is 3.03. The number of benzene rings is 2. The molecule has 2 aromatic heterocycles. The highest BCUT2D eigenvalue weighted by Gasteiger charge is 2.13. The third-order valence-corrected chi connectivity index (χ3v) is 5.42. The van der Waals surface area contributed by atoms with E-state index >= 15 is 0 Å². The number of para-hydroxylation sites is 1. The van der Waals surface area contributed by atoms with Crippen LogP contribution in [0.5, 0.6) is 0 Å². The van der Waals surface area contributed by atoms with E-state index in [1.165, 1.54) is 18.1 Å². The summed E-state index contributed by atoms with van der Waals surface area (Å²) in [7, 11) is 0. The summed E-state index contributed by atoms with van der Waals surface area (Å²) in [5.74, 6) is -0.208. The van der Waals surface area contributed by atoms with Crippen LogP contribution in [-0.2, 0) is 4.79 Å². The Morgan fingerprint density at radius 1 is 1.06 bits per heavy atom. The van der Waals surface area contributed by atoms with Gasteiger partial charge in [-0.15, -0.1) is 0 Å². The normalized spacial score (nSPS) is 10.7. The number of carbonyl (C=O) groups excluding carboxylic acids is 2. The number of aromatic nitrogens is 4. The van der Waals surface area contributed by atoms with E-state index in [-0.39, 0.29) is 17.6 Å². The number of amides is 2. The lowest BCUT2D eigenvalue weighted by atomic mass is 10.2. The first-order valence-electron chi connectivity index (χ1n) is 9.71. The van der Waals surface area contributed by atoms with Crippen molar-refractivity contribution in [2.45, 2.75) is 11.9 Å². The molecule has 0 fully saturated rings. The Bertz CT molecular complexity index is 1230. The number of rotatable bonds is 7. The molecule has 0 aliphatic rings. The molecule has 9 heteroatoms. The monoisotopic (exact) mass is 432 g/mol. The van der Waals surface area contributed by atoms with Gasteiger partial charge in [-0.3, -0.25) is 9.59 Å². The molecule has 0 radical (unpaired) electrons. The van der Waals surface area contributed by atoms with Crippen LogP contribution in [0.3, 0.4) is 0 Å². The molecule has 0 unspecified atom stereocenters. The van der Waals surface area contributed by atoms with E-state index in [0.29, 0.717) is 28.5 Å². The predicted octanol–water partition coefficient (Wildman–Crippen LogP) is 3.30. The maximum Gasteiger partial charge on any atom is 0.251 e. The van der Waals surface area contributed by atoms with E-state index in [1.54, 1.807) is 35.1 Å². The second kappa shape index (κ2) is 9.40. The van der Waals surface area contributed by atoms with Crippen LogP contribution < -0.4 is 10.6 Å². The quantitative estimate of drug-likeness (QED) is 0.343. The van der Waals surface area contributed by atoms with Gasteiger partial charge >= 0.3 is 0 Å². The van der Waals surface area contributed by atoms with Gasteiger partial charge in [0.15, 0.2) is 5.65 Å². The van der Waals surface area contributed by atoms with Crippen molar-refractivity contribution in [3.05, 3.63) is 72.7 Å². The number of carbonyl (C=O) groups is 2. The molecule has 2 N–H and O–H groups in total. The third kappa shape index (κ3) is 4.72. The molecule has 0 aliphatic carbocycles. The Balaban J connectivity index is 1.45. The standard InChI is InChI=1S/C22H20N6O2S/c1-2-23-21(30)15-7-6-8-16(11-15)27-19(29)13-31-22-18-12-26-28(20(18)24-14-25-22)17-9-4-3-5-10-17/h3-12,14H,2,13H2,1H3,(H,23,30)(H,27,29). The van der Waals surface area contributed by atoms with Gasteiger partial charge in [0.1, 0.15) is 11.4 Å². The summed E-state index contributed by atoms with van der Waals surface area (Å²) < 4.78 is 1.74. The first-order valence-corrected chi connectivity index (χ1v) is 10.7. The smallest absolute Gasteiger partial charge is 0.251 e. The number of hydrogen-bond donors (Lipinski definition) is 2.